The molecular weight excluding hydrogens is 369 g/mol. The van der Waals surface area contributed by atoms with Crippen LogP contribution in [0.1, 0.15) is 18.1 Å². The fourth-order valence-electron chi connectivity index (χ4n) is 2.89. The molecule has 7 heteroatoms. The largest absolute Gasteiger partial charge is 0.497 e. The van der Waals surface area contributed by atoms with Crippen LogP contribution in [0.15, 0.2) is 66.2 Å². The molecule has 0 fully saturated rings. The molecule has 3 rings (SSSR count). The number of rotatable bonds is 8. The summed E-state index contributed by atoms with van der Waals surface area (Å²) in [6, 6.07) is 13.1. The maximum atomic E-state index is 14.4. The molecule has 152 valence electrons. The van der Waals surface area contributed by atoms with E-state index in [1.807, 2.05) is 25.1 Å². The quantitative estimate of drug-likeness (QED) is 0.454. The number of nitrogens with zero attached hydrogens (tertiary/aromatic N) is 3. The highest BCUT2D eigenvalue weighted by molar-refractivity contribution is 5.79. The number of aromatic nitrogens is 2. The van der Waals surface area contributed by atoms with Gasteiger partial charge < -0.3 is 19.9 Å². The molecule has 0 saturated heterocycles. The van der Waals surface area contributed by atoms with Crippen molar-refractivity contribution >= 4 is 5.96 Å². The smallest absolute Gasteiger partial charge is 0.191 e. The number of nitrogens with one attached hydrogen (secondary N) is 2. The van der Waals surface area contributed by atoms with Gasteiger partial charge in [0, 0.05) is 25.5 Å². The molecule has 29 heavy (non-hydrogen) atoms. The van der Waals surface area contributed by atoms with E-state index in [4.69, 9.17) is 4.74 Å². The van der Waals surface area contributed by atoms with Gasteiger partial charge in [-0.1, -0.05) is 18.2 Å². The molecule has 6 nitrogen and oxygen atoms in total. The van der Waals surface area contributed by atoms with Gasteiger partial charge in [0.1, 0.15) is 11.6 Å². The molecule has 0 spiro atoms. The molecule has 2 aromatic carbocycles. The summed E-state index contributed by atoms with van der Waals surface area (Å²) in [7, 11) is 1.66. The minimum atomic E-state index is -0.298. The number of benzene rings is 2. The number of hydrogen-bond donors (Lipinski definition) is 2. The first kappa shape index (κ1) is 20.4. The fraction of sp³-hybridized carbons (Fsp3) is 0.273. The van der Waals surface area contributed by atoms with Crippen LogP contribution in [0.25, 0.3) is 5.69 Å². The number of methoxy groups -OCH3 is 1. The predicted molar refractivity (Wildman–Crippen MR) is 113 cm³/mol. The Kier molecular flexibility index (Phi) is 7.22. The van der Waals surface area contributed by atoms with Gasteiger partial charge in [-0.2, -0.15) is 0 Å². The summed E-state index contributed by atoms with van der Waals surface area (Å²) in [6.07, 6.45) is 5.78. The first-order valence-corrected chi connectivity index (χ1v) is 9.61. The average molecular weight is 395 g/mol. The number of guanidine groups is 1. The molecule has 0 amide bonds. The van der Waals surface area contributed by atoms with Gasteiger partial charge in [-0.15, -0.1) is 0 Å². The second-order valence-electron chi connectivity index (χ2n) is 6.48. The van der Waals surface area contributed by atoms with E-state index >= 15 is 0 Å². The topological polar surface area (TPSA) is 63.5 Å². The molecular formula is C22H26FN5O. The zero-order chi connectivity index (χ0) is 20.5. The summed E-state index contributed by atoms with van der Waals surface area (Å²) in [4.78, 5) is 8.52. The lowest BCUT2D eigenvalue weighted by Crippen LogP contribution is -2.38. The van der Waals surface area contributed by atoms with Crippen molar-refractivity contribution in [1.29, 1.82) is 0 Å². The highest BCUT2D eigenvalue weighted by atomic mass is 19.1. The third-order valence-corrected chi connectivity index (χ3v) is 4.42. The summed E-state index contributed by atoms with van der Waals surface area (Å²) in [6.45, 7) is 3.90. The Bertz CT molecular complexity index is 923. The van der Waals surface area contributed by atoms with Crippen molar-refractivity contribution in [3.63, 3.8) is 0 Å². The monoisotopic (exact) mass is 395 g/mol. The second-order valence-corrected chi connectivity index (χ2v) is 6.48. The Hall–Kier alpha value is -3.35. The van der Waals surface area contributed by atoms with Crippen molar-refractivity contribution in [2.24, 2.45) is 4.99 Å². The van der Waals surface area contributed by atoms with Crippen LogP contribution in [-0.2, 0) is 13.0 Å². The van der Waals surface area contributed by atoms with Gasteiger partial charge in [0.25, 0.3) is 0 Å². The molecule has 0 atom stereocenters. The van der Waals surface area contributed by atoms with E-state index in [1.54, 1.807) is 36.5 Å². The van der Waals surface area contributed by atoms with Crippen LogP contribution in [0.5, 0.6) is 5.75 Å². The van der Waals surface area contributed by atoms with Crippen molar-refractivity contribution in [2.45, 2.75) is 19.9 Å². The molecule has 0 aliphatic heterocycles. The highest BCUT2D eigenvalue weighted by Crippen LogP contribution is 2.15. The van der Waals surface area contributed by atoms with Crippen LogP contribution in [0, 0.1) is 5.82 Å². The molecule has 0 bridgehead atoms. The minimum absolute atomic E-state index is 0.298. The number of halogens is 1. The minimum Gasteiger partial charge on any atom is -0.497 e. The van der Waals surface area contributed by atoms with E-state index in [0.29, 0.717) is 18.2 Å². The zero-order valence-corrected chi connectivity index (χ0v) is 16.7. The van der Waals surface area contributed by atoms with Gasteiger partial charge in [0.05, 0.1) is 25.7 Å². The summed E-state index contributed by atoms with van der Waals surface area (Å²) in [5.74, 6) is 1.26. The van der Waals surface area contributed by atoms with E-state index in [0.717, 1.165) is 30.8 Å². The maximum Gasteiger partial charge on any atom is 0.191 e. The van der Waals surface area contributed by atoms with Gasteiger partial charge in [-0.3, -0.25) is 0 Å². The molecule has 0 aliphatic rings. The van der Waals surface area contributed by atoms with Gasteiger partial charge in [0.2, 0.25) is 0 Å². The molecule has 1 aromatic heterocycles. The normalized spacial score (nSPS) is 11.3. The molecule has 0 unspecified atom stereocenters. The Labute approximate surface area is 170 Å². The third-order valence-electron chi connectivity index (χ3n) is 4.42. The second kappa shape index (κ2) is 10.3. The Morgan fingerprint density at radius 2 is 1.93 bits per heavy atom. The summed E-state index contributed by atoms with van der Waals surface area (Å²) < 4.78 is 21.2. The van der Waals surface area contributed by atoms with Crippen LogP contribution in [0.2, 0.25) is 0 Å². The van der Waals surface area contributed by atoms with Gasteiger partial charge in [-0.05, 0) is 48.7 Å². The number of aliphatic imine (C=N–C) groups is 1. The molecule has 0 aliphatic carbocycles. The molecule has 0 radical (unpaired) electrons. The van der Waals surface area contributed by atoms with E-state index in [-0.39, 0.29) is 5.82 Å². The standard InChI is InChI=1S/C22H26FN5O/c1-3-25-22(26-11-10-17-4-7-19(29-2)8-5-17)27-15-18-6-9-21(20(23)14-18)28-13-12-24-16-28/h4-9,12-14,16H,3,10-11,15H2,1-2H3,(H2,25,26,27). The van der Waals surface area contributed by atoms with E-state index in [9.17, 15) is 4.39 Å². The Morgan fingerprint density at radius 1 is 1.14 bits per heavy atom. The lowest BCUT2D eigenvalue weighted by atomic mass is 10.1. The van der Waals surface area contributed by atoms with Crippen LogP contribution in [0.3, 0.4) is 0 Å². The van der Waals surface area contributed by atoms with Crippen molar-refractivity contribution in [3.05, 3.63) is 78.1 Å². The first-order chi connectivity index (χ1) is 14.2. The maximum absolute atomic E-state index is 14.4. The van der Waals surface area contributed by atoms with Gasteiger partial charge in [-0.25, -0.2) is 14.4 Å². The molecule has 0 saturated carbocycles. The van der Waals surface area contributed by atoms with E-state index in [2.05, 4.69) is 32.7 Å². The summed E-state index contributed by atoms with van der Waals surface area (Å²) >= 11 is 0. The molecule has 2 N–H and O–H groups in total. The lowest BCUT2D eigenvalue weighted by molar-refractivity contribution is 0.414. The Morgan fingerprint density at radius 3 is 2.59 bits per heavy atom. The average Bonchev–Trinajstić information content (AvgIpc) is 3.27. The molecule has 3 aromatic rings. The van der Waals surface area contributed by atoms with Crippen LogP contribution in [-0.4, -0.2) is 35.7 Å². The third kappa shape index (κ3) is 5.81. The van der Waals surface area contributed by atoms with E-state index < -0.39 is 0 Å². The molecule has 1 heterocycles. The Balaban J connectivity index is 1.57. The van der Waals surface area contributed by atoms with Crippen molar-refractivity contribution in [2.75, 3.05) is 20.2 Å². The highest BCUT2D eigenvalue weighted by Gasteiger charge is 2.06. The summed E-state index contributed by atoms with van der Waals surface area (Å²) in [5, 5.41) is 6.54. The summed E-state index contributed by atoms with van der Waals surface area (Å²) in [5.41, 5.74) is 2.49. The van der Waals surface area contributed by atoms with Crippen molar-refractivity contribution in [3.8, 4) is 11.4 Å². The van der Waals surface area contributed by atoms with Gasteiger partial charge >= 0.3 is 0 Å². The predicted octanol–water partition coefficient (Wildman–Crippen LogP) is 3.32. The fourth-order valence-corrected chi connectivity index (χ4v) is 2.89. The van der Waals surface area contributed by atoms with Crippen LogP contribution >= 0.6 is 0 Å². The first-order valence-electron chi connectivity index (χ1n) is 9.61. The van der Waals surface area contributed by atoms with Crippen molar-refractivity contribution < 1.29 is 9.13 Å². The van der Waals surface area contributed by atoms with Crippen LogP contribution < -0.4 is 15.4 Å². The number of hydrogen-bond acceptors (Lipinski definition) is 3. The zero-order valence-electron chi connectivity index (χ0n) is 16.7. The number of imidazole rings is 1. The lowest BCUT2D eigenvalue weighted by Gasteiger charge is -2.12. The van der Waals surface area contributed by atoms with E-state index in [1.165, 1.54) is 11.6 Å². The van der Waals surface area contributed by atoms with Crippen LogP contribution in [0.4, 0.5) is 4.39 Å². The van der Waals surface area contributed by atoms with Gasteiger partial charge in [0.15, 0.2) is 5.96 Å². The van der Waals surface area contributed by atoms with Crippen molar-refractivity contribution in [1.82, 2.24) is 20.2 Å². The SMILES string of the molecule is CCNC(=NCc1ccc(-n2ccnc2)c(F)c1)NCCc1ccc(OC)cc1. The number of ether oxygens (including phenoxy) is 1.